The number of nitro groups is 1. The lowest BCUT2D eigenvalue weighted by Gasteiger charge is -2.19. The first-order valence-electron chi connectivity index (χ1n) is 10.1. The summed E-state index contributed by atoms with van der Waals surface area (Å²) < 4.78 is 11.1. The Kier molecular flexibility index (Phi) is 5.39. The molecule has 1 unspecified atom stereocenters. The molecule has 0 bridgehead atoms. The Hall–Kier alpha value is -3.42. The van der Waals surface area contributed by atoms with Crippen molar-refractivity contribution >= 4 is 17.3 Å². The smallest absolute Gasteiger partial charge is 0.269 e. The predicted octanol–water partition coefficient (Wildman–Crippen LogP) is 4.21. The molecular weight excluding hydrogens is 386 g/mol. The number of benzene rings is 2. The van der Waals surface area contributed by atoms with Gasteiger partial charge in [-0.25, -0.2) is 5.01 Å². The Morgan fingerprint density at radius 3 is 2.60 bits per heavy atom. The van der Waals surface area contributed by atoms with Gasteiger partial charge in [0, 0.05) is 35.6 Å². The summed E-state index contributed by atoms with van der Waals surface area (Å²) in [7, 11) is 0. The number of nitrogens with zero attached hydrogens (tertiary/aromatic N) is 3. The molecule has 30 heavy (non-hydrogen) atoms. The summed E-state index contributed by atoms with van der Waals surface area (Å²) in [5.74, 6) is 1.30. The van der Waals surface area contributed by atoms with Gasteiger partial charge < -0.3 is 9.47 Å². The van der Waals surface area contributed by atoms with Crippen molar-refractivity contribution in [2.45, 2.75) is 39.0 Å². The Balaban J connectivity index is 1.82. The summed E-state index contributed by atoms with van der Waals surface area (Å²) >= 11 is 0. The van der Waals surface area contributed by atoms with Crippen LogP contribution in [0.2, 0.25) is 0 Å². The minimum atomic E-state index is -0.437. The molecule has 4 rings (SSSR count). The standard InChI is InChI=1S/C22H23N3O5/c1-3-4-5-21(26)24-12-14(2)17-10-19-20(30-13-29-19)11-18(17)22(23-24)15-6-8-16(9-7-15)25(27)28/h6-11,14H,3-5,12-13H2,1-2H3. The number of non-ortho nitro benzene ring substituents is 1. The third-order valence-electron chi connectivity index (χ3n) is 5.38. The van der Waals surface area contributed by atoms with Crippen molar-refractivity contribution < 1.29 is 19.2 Å². The highest BCUT2D eigenvalue weighted by molar-refractivity contribution is 6.14. The fourth-order valence-corrected chi connectivity index (χ4v) is 3.71. The van der Waals surface area contributed by atoms with Crippen LogP contribution >= 0.6 is 0 Å². The predicted molar refractivity (Wildman–Crippen MR) is 111 cm³/mol. The summed E-state index contributed by atoms with van der Waals surface area (Å²) in [6.07, 6.45) is 2.16. The normalized spacial score (nSPS) is 17.2. The minimum Gasteiger partial charge on any atom is -0.454 e. The lowest BCUT2D eigenvalue weighted by molar-refractivity contribution is -0.384. The van der Waals surface area contributed by atoms with Gasteiger partial charge in [-0.2, -0.15) is 5.10 Å². The van der Waals surface area contributed by atoms with Crippen molar-refractivity contribution in [2.75, 3.05) is 13.3 Å². The van der Waals surface area contributed by atoms with E-state index in [1.807, 2.05) is 19.1 Å². The topological polar surface area (TPSA) is 94.3 Å². The Morgan fingerprint density at radius 2 is 1.93 bits per heavy atom. The zero-order chi connectivity index (χ0) is 21.3. The number of nitro benzene ring substituents is 1. The molecule has 0 aromatic heterocycles. The third-order valence-corrected chi connectivity index (χ3v) is 5.38. The zero-order valence-corrected chi connectivity index (χ0v) is 17.0. The van der Waals surface area contributed by atoms with E-state index < -0.39 is 4.92 Å². The summed E-state index contributed by atoms with van der Waals surface area (Å²) in [6.45, 7) is 4.71. The van der Waals surface area contributed by atoms with Crippen molar-refractivity contribution in [3.8, 4) is 11.5 Å². The molecule has 2 aromatic carbocycles. The van der Waals surface area contributed by atoms with Crippen molar-refractivity contribution in [3.63, 3.8) is 0 Å². The van der Waals surface area contributed by atoms with Crippen LogP contribution in [0.1, 0.15) is 55.7 Å². The van der Waals surface area contributed by atoms with Crippen LogP contribution in [0.3, 0.4) is 0 Å². The van der Waals surface area contributed by atoms with Crippen LogP contribution in [-0.2, 0) is 4.79 Å². The number of amides is 1. The van der Waals surface area contributed by atoms with Crippen molar-refractivity contribution in [3.05, 3.63) is 63.2 Å². The van der Waals surface area contributed by atoms with Crippen molar-refractivity contribution in [2.24, 2.45) is 5.10 Å². The van der Waals surface area contributed by atoms with Gasteiger partial charge in [-0.1, -0.05) is 20.3 Å². The number of hydrazone groups is 1. The van der Waals surface area contributed by atoms with E-state index >= 15 is 0 Å². The van der Waals surface area contributed by atoms with Gasteiger partial charge in [0.05, 0.1) is 17.2 Å². The highest BCUT2D eigenvalue weighted by Gasteiger charge is 2.29. The zero-order valence-electron chi connectivity index (χ0n) is 17.0. The number of carbonyl (C=O) groups is 1. The van der Waals surface area contributed by atoms with E-state index in [-0.39, 0.29) is 24.3 Å². The molecule has 0 aliphatic carbocycles. The number of carbonyl (C=O) groups excluding carboxylic acids is 1. The first-order chi connectivity index (χ1) is 14.5. The van der Waals surface area contributed by atoms with Crippen molar-refractivity contribution in [1.82, 2.24) is 5.01 Å². The first kappa shape index (κ1) is 19.9. The van der Waals surface area contributed by atoms with Gasteiger partial charge in [0.1, 0.15) is 0 Å². The number of unbranched alkanes of at least 4 members (excludes halogenated alkanes) is 1. The number of fused-ring (bicyclic) bond motifs is 2. The minimum absolute atomic E-state index is 0.00290. The average Bonchev–Trinajstić information content (AvgIpc) is 3.16. The molecule has 0 N–H and O–H groups in total. The van der Waals surface area contributed by atoms with Gasteiger partial charge in [0.2, 0.25) is 12.7 Å². The summed E-state index contributed by atoms with van der Waals surface area (Å²) in [5.41, 5.74) is 3.13. The summed E-state index contributed by atoms with van der Waals surface area (Å²) in [6, 6.07) is 10.0. The summed E-state index contributed by atoms with van der Waals surface area (Å²) in [4.78, 5) is 23.4. The van der Waals surface area contributed by atoms with E-state index in [1.165, 1.54) is 17.1 Å². The van der Waals surface area contributed by atoms with E-state index in [2.05, 4.69) is 6.92 Å². The maximum Gasteiger partial charge on any atom is 0.269 e. The second-order valence-corrected chi connectivity index (χ2v) is 7.53. The lowest BCUT2D eigenvalue weighted by Crippen LogP contribution is -2.29. The van der Waals surface area contributed by atoms with Crippen LogP contribution in [0.15, 0.2) is 41.5 Å². The van der Waals surface area contributed by atoms with Crippen molar-refractivity contribution in [1.29, 1.82) is 0 Å². The van der Waals surface area contributed by atoms with E-state index in [0.29, 0.717) is 35.7 Å². The molecule has 156 valence electrons. The van der Waals surface area contributed by atoms with E-state index in [9.17, 15) is 14.9 Å². The molecule has 2 aromatic rings. The molecule has 8 heteroatoms. The third kappa shape index (κ3) is 3.72. The molecule has 2 aliphatic heterocycles. The summed E-state index contributed by atoms with van der Waals surface area (Å²) in [5, 5.41) is 17.3. The molecule has 2 heterocycles. The quantitative estimate of drug-likeness (QED) is 0.545. The van der Waals surface area contributed by atoms with Crippen LogP contribution in [-0.4, -0.2) is 34.9 Å². The molecule has 0 fully saturated rings. The maximum atomic E-state index is 12.8. The number of ether oxygens (including phenoxy) is 2. The fourth-order valence-electron chi connectivity index (χ4n) is 3.71. The van der Waals surface area contributed by atoms with Crippen LogP contribution in [0.5, 0.6) is 11.5 Å². The molecule has 8 nitrogen and oxygen atoms in total. The fraction of sp³-hybridized carbons (Fsp3) is 0.364. The SMILES string of the molecule is CCCCC(=O)N1CC(C)c2cc3c(cc2C(c2ccc([N+](=O)[O-])cc2)=N1)OCO3. The first-order valence-corrected chi connectivity index (χ1v) is 10.1. The lowest BCUT2D eigenvalue weighted by atomic mass is 9.90. The second-order valence-electron chi connectivity index (χ2n) is 7.53. The number of rotatable bonds is 5. The monoisotopic (exact) mass is 409 g/mol. The molecule has 0 saturated carbocycles. The van der Waals surface area contributed by atoms with E-state index in [0.717, 1.165) is 24.0 Å². The molecular formula is C22H23N3O5. The largest absolute Gasteiger partial charge is 0.454 e. The Morgan fingerprint density at radius 1 is 1.23 bits per heavy atom. The molecule has 2 aliphatic rings. The van der Waals surface area contributed by atoms with Gasteiger partial charge in [0.25, 0.3) is 5.69 Å². The molecule has 0 saturated heterocycles. The Labute approximate surface area is 174 Å². The van der Waals surface area contributed by atoms with Crippen LogP contribution in [0.25, 0.3) is 0 Å². The highest BCUT2D eigenvalue weighted by atomic mass is 16.7. The highest BCUT2D eigenvalue weighted by Crippen LogP contribution is 2.39. The molecule has 1 amide bonds. The Bertz CT molecular complexity index is 1020. The number of hydrogen-bond donors (Lipinski definition) is 0. The van der Waals surface area contributed by atoms with Gasteiger partial charge in [-0.05, 0) is 36.2 Å². The number of hydrogen-bond acceptors (Lipinski definition) is 6. The van der Waals surface area contributed by atoms with Gasteiger partial charge in [-0.15, -0.1) is 0 Å². The van der Waals surface area contributed by atoms with Crippen LogP contribution < -0.4 is 9.47 Å². The molecule has 0 spiro atoms. The van der Waals surface area contributed by atoms with Gasteiger partial charge in [0.15, 0.2) is 11.5 Å². The average molecular weight is 409 g/mol. The van der Waals surface area contributed by atoms with Gasteiger partial charge >= 0.3 is 0 Å². The van der Waals surface area contributed by atoms with E-state index in [4.69, 9.17) is 14.6 Å². The van der Waals surface area contributed by atoms with Gasteiger partial charge in [-0.3, -0.25) is 14.9 Å². The van der Waals surface area contributed by atoms with E-state index in [1.54, 1.807) is 12.1 Å². The molecule has 0 radical (unpaired) electrons. The van der Waals surface area contributed by atoms with Crippen LogP contribution in [0.4, 0.5) is 5.69 Å². The van der Waals surface area contributed by atoms with Crippen LogP contribution in [0, 0.1) is 10.1 Å². The maximum absolute atomic E-state index is 12.8. The molecule has 1 atom stereocenters. The second kappa shape index (κ2) is 8.14.